The molecule has 1 aliphatic rings. The second-order valence-electron chi connectivity index (χ2n) is 5.59. The van der Waals surface area contributed by atoms with Crippen molar-refractivity contribution in [2.45, 2.75) is 43.2 Å². The quantitative estimate of drug-likeness (QED) is 0.798. The van der Waals surface area contributed by atoms with Crippen LogP contribution in [0.1, 0.15) is 31.7 Å². The average molecular weight is 344 g/mol. The Kier molecular flexibility index (Phi) is 5.70. The number of ketones is 1. The Morgan fingerprint density at radius 2 is 2.05 bits per heavy atom. The van der Waals surface area contributed by atoms with E-state index in [4.69, 9.17) is 27.9 Å². The monoisotopic (exact) mass is 343 g/mol. The van der Waals surface area contributed by atoms with Crippen molar-refractivity contribution in [1.82, 2.24) is 5.32 Å². The molecule has 2 atom stereocenters. The number of Topliss-reactive ketones (excluding diaryl/α,β-unsaturated/α-hetero) is 1. The van der Waals surface area contributed by atoms with Gasteiger partial charge in [-0.1, -0.05) is 30.3 Å². The summed E-state index contributed by atoms with van der Waals surface area (Å²) >= 11 is 12.1. The fraction of sp³-hybridized carbons (Fsp3) is 0.500. The van der Waals surface area contributed by atoms with Gasteiger partial charge >= 0.3 is 6.09 Å². The Morgan fingerprint density at radius 1 is 1.36 bits per heavy atom. The van der Waals surface area contributed by atoms with Gasteiger partial charge in [0.1, 0.15) is 10.9 Å². The summed E-state index contributed by atoms with van der Waals surface area (Å²) in [5, 5.41) is 2.53. The Balaban J connectivity index is 1.72. The van der Waals surface area contributed by atoms with Gasteiger partial charge in [0, 0.05) is 6.42 Å². The van der Waals surface area contributed by atoms with E-state index in [1.54, 1.807) is 6.92 Å². The van der Waals surface area contributed by atoms with E-state index in [9.17, 15) is 9.59 Å². The number of benzene rings is 1. The van der Waals surface area contributed by atoms with Crippen LogP contribution < -0.4 is 5.32 Å². The SMILES string of the molecule is CC(NC(=O)OCc1ccccc1)C(=O)CC1CCC1(Cl)Cl. The lowest BCUT2D eigenvalue weighted by atomic mass is 9.79. The molecule has 0 aromatic heterocycles. The molecule has 6 heteroatoms. The number of hydrogen-bond donors (Lipinski definition) is 1. The highest BCUT2D eigenvalue weighted by Gasteiger charge is 2.44. The minimum Gasteiger partial charge on any atom is -0.445 e. The largest absolute Gasteiger partial charge is 0.445 e. The third-order valence-corrected chi connectivity index (χ3v) is 4.90. The van der Waals surface area contributed by atoms with Gasteiger partial charge in [0.2, 0.25) is 0 Å². The van der Waals surface area contributed by atoms with Gasteiger partial charge in [-0.25, -0.2) is 4.79 Å². The molecule has 0 bridgehead atoms. The predicted molar refractivity (Wildman–Crippen MR) is 86.0 cm³/mol. The first kappa shape index (κ1) is 17.1. The molecular formula is C16H19Cl2NO3. The smallest absolute Gasteiger partial charge is 0.408 e. The maximum atomic E-state index is 12.1. The summed E-state index contributed by atoms with van der Waals surface area (Å²) in [4.78, 5) is 23.7. The number of alkyl carbamates (subject to hydrolysis) is 1. The van der Waals surface area contributed by atoms with Gasteiger partial charge in [0.25, 0.3) is 0 Å². The second kappa shape index (κ2) is 7.34. The van der Waals surface area contributed by atoms with Gasteiger partial charge < -0.3 is 10.1 Å². The zero-order chi connectivity index (χ0) is 16.2. The highest BCUT2D eigenvalue weighted by molar-refractivity contribution is 6.49. The lowest BCUT2D eigenvalue weighted by molar-refractivity contribution is -0.122. The molecule has 0 spiro atoms. The maximum absolute atomic E-state index is 12.1. The van der Waals surface area contributed by atoms with Gasteiger partial charge in [-0.3, -0.25) is 4.79 Å². The van der Waals surface area contributed by atoms with Crippen molar-refractivity contribution >= 4 is 35.1 Å². The Morgan fingerprint density at radius 3 is 2.59 bits per heavy atom. The molecule has 0 aliphatic heterocycles. The first-order valence-electron chi connectivity index (χ1n) is 7.26. The maximum Gasteiger partial charge on any atom is 0.408 e. The molecule has 1 amide bonds. The molecule has 1 fully saturated rings. The standard InChI is InChI=1S/C16H19Cl2NO3/c1-11(14(20)9-13-7-8-16(13,17)18)19-15(21)22-10-12-5-3-2-4-6-12/h2-6,11,13H,7-10H2,1H3,(H,19,21). The second-order valence-corrected chi connectivity index (χ2v) is 7.14. The molecule has 1 N–H and O–H groups in total. The third kappa shape index (κ3) is 4.62. The average Bonchev–Trinajstić information content (AvgIpc) is 2.50. The zero-order valence-corrected chi connectivity index (χ0v) is 13.9. The van der Waals surface area contributed by atoms with Crippen molar-refractivity contribution in [3.63, 3.8) is 0 Å². The van der Waals surface area contributed by atoms with Crippen LogP contribution in [0.25, 0.3) is 0 Å². The van der Waals surface area contributed by atoms with Crippen LogP contribution in [-0.2, 0) is 16.1 Å². The highest BCUT2D eigenvalue weighted by Crippen LogP contribution is 2.49. The van der Waals surface area contributed by atoms with Crippen LogP contribution in [0.2, 0.25) is 0 Å². The predicted octanol–water partition coefficient (Wildman–Crippen LogP) is 3.84. The number of carbonyl (C=O) groups excluding carboxylic acids is 2. The van der Waals surface area contributed by atoms with Crippen molar-refractivity contribution in [3.05, 3.63) is 35.9 Å². The molecule has 0 heterocycles. The van der Waals surface area contributed by atoms with Crippen LogP contribution in [0.5, 0.6) is 0 Å². The van der Waals surface area contributed by atoms with Gasteiger partial charge in [-0.05, 0) is 31.2 Å². The van der Waals surface area contributed by atoms with E-state index < -0.39 is 16.5 Å². The molecule has 1 aromatic carbocycles. The number of hydrogen-bond acceptors (Lipinski definition) is 3. The lowest BCUT2D eigenvalue weighted by Gasteiger charge is -2.39. The molecule has 2 rings (SSSR count). The number of alkyl halides is 2. The van der Waals surface area contributed by atoms with Crippen molar-refractivity contribution in [1.29, 1.82) is 0 Å². The lowest BCUT2D eigenvalue weighted by Crippen LogP contribution is -2.43. The van der Waals surface area contributed by atoms with E-state index in [1.165, 1.54) is 0 Å². The molecule has 1 saturated carbocycles. The first-order chi connectivity index (χ1) is 10.4. The van der Waals surface area contributed by atoms with Crippen LogP contribution in [-0.4, -0.2) is 22.3 Å². The molecule has 0 radical (unpaired) electrons. The summed E-state index contributed by atoms with van der Waals surface area (Å²) in [7, 11) is 0. The van der Waals surface area contributed by atoms with Gasteiger partial charge in [-0.2, -0.15) is 0 Å². The first-order valence-corrected chi connectivity index (χ1v) is 8.02. The van der Waals surface area contributed by atoms with E-state index >= 15 is 0 Å². The fourth-order valence-corrected chi connectivity index (χ4v) is 2.85. The van der Waals surface area contributed by atoms with E-state index in [1.807, 2.05) is 30.3 Å². The van der Waals surface area contributed by atoms with E-state index in [0.717, 1.165) is 12.0 Å². The van der Waals surface area contributed by atoms with Crippen LogP contribution in [0.4, 0.5) is 4.79 Å². The van der Waals surface area contributed by atoms with Crippen molar-refractivity contribution in [2.75, 3.05) is 0 Å². The molecule has 120 valence electrons. The third-order valence-electron chi connectivity index (χ3n) is 3.90. The van der Waals surface area contributed by atoms with Crippen molar-refractivity contribution in [2.24, 2.45) is 5.92 Å². The molecule has 2 unspecified atom stereocenters. The summed E-state index contributed by atoms with van der Waals surface area (Å²) in [6.45, 7) is 1.80. The van der Waals surface area contributed by atoms with Crippen LogP contribution >= 0.6 is 23.2 Å². The number of nitrogens with one attached hydrogen (secondary N) is 1. The minimum atomic E-state index is -0.802. The molecule has 1 aromatic rings. The van der Waals surface area contributed by atoms with Gasteiger partial charge in [-0.15, -0.1) is 23.2 Å². The molecule has 1 aliphatic carbocycles. The Labute approximate surface area is 140 Å². The summed E-state index contributed by atoms with van der Waals surface area (Å²) < 4.78 is 4.28. The number of rotatable bonds is 6. The summed E-state index contributed by atoms with van der Waals surface area (Å²) in [6, 6.07) is 8.72. The minimum absolute atomic E-state index is 0.0343. The van der Waals surface area contributed by atoms with Crippen LogP contribution in [0.15, 0.2) is 30.3 Å². The highest BCUT2D eigenvalue weighted by atomic mass is 35.5. The van der Waals surface area contributed by atoms with Crippen LogP contribution in [0.3, 0.4) is 0 Å². The molecule has 0 saturated heterocycles. The number of amides is 1. The zero-order valence-electron chi connectivity index (χ0n) is 12.4. The van der Waals surface area contributed by atoms with E-state index in [0.29, 0.717) is 6.42 Å². The Hall–Kier alpha value is -1.26. The fourth-order valence-electron chi connectivity index (χ4n) is 2.26. The topological polar surface area (TPSA) is 55.4 Å². The summed E-state index contributed by atoms with van der Waals surface area (Å²) in [6.07, 6.45) is 1.20. The van der Waals surface area contributed by atoms with Crippen LogP contribution in [0, 0.1) is 5.92 Å². The van der Waals surface area contributed by atoms with Crippen molar-refractivity contribution in [3.8, 4) is 0 Å². The van der Waals surface area contributed by atoms with Gasteiger partial charge in [0.05, 0.1) is 6.04 Å². The molecular weight excluding hydrogens is 325 g/mol. The number of ether oxygens (including phenoxy) is 1. The Bertz CT molecular complexity index is 533. The van der Waals surface area contributed by atoms with E-state index in [-0.39, 0.29) is 24.7 Å². The summed E-state index contributed by atoms with van der Waals surface area (Å²) in [5.41, 5.74) is 0.889. The number of halogens is 2. The number of carbonyl (C=O) groups is 2. The van der Waals surface area contributed by atoms with Crippen molar-refractivity contribution < 1.29 is 14.3 Å². The normalized spacial score (nSPS) is 20.6. The van der Waals surface area contributed by atoms with Gasteiger partial charge in [0.15, 0.2) is 5.78 Å². The van der Waals surface area contributed by atoms with E-state index in [2.05, 4.69) is 5.32 Å². The molecule has 22 heavy (non-hydrogen) atoms. The summed E-state index contributed by atoms with van der Waals surface area (Å²) in [5.74, 6) is -0.125. The molecule has 4 nitrogen and oxygen atoms in total.